The molecule has 3 N–H and O–H groups in total. The summed E-state index contributed by atoms with van der Waals surface area (Å²) < 4.78 is 5.41. The van der Waals surface area contributed by atoms with Crippen molar-refractivity contribution < 1.29 is 28.7 Å². The normalized spacial score (nSPS) is 22.8. The zero-order chi connectivity index (χ0) is 30.6. The van der Waals surface area contributed by atoms with Crippen LogP contribution in [0.15, 0.2) is 12.7 Å². The van der Waals surface area contributed by atoms with E-state index in [1.807, 2.05) is 27.7 Å². The second-order valence-corrected chi connectivity index (χ2v) is 13.7. The number of unbranched alkanes of at least 4 members (excludes halogenated alkanes) is 1. The van der Waals surface area contributed by atoms with Crippen molar-refractivity contribution in [2.24, 2.45) is 22.7 Å². The highest BCUT2D eigenvalue weighted by atomic mass is 16.6. The largest absolute Gasteiger partial charge is 0.444 e. The Hall–Kier alpha value is -2.91. The number of ketones is 1. The fourth-order valence-corrected chi connectivity index (χ4v) is 5.52. The molecule has 1 aliphatic carbocycles. The second-order valence-electron chi connectivity index (χ2n) is 13.7. The summed E-state index contributed by atoms with van der Waals surface area (Å²) in [5.41, 5.74) is -1.56. The number of alkyl carbamates (subject to hydrolysis) is 1. The van der Waals surface area contributed by atoms with Crippen LogP contribution in [0.1, 0.15) is 88.0 Å². The molecule has 10 heteroatoms. The zero-order valence-corrected chi connectivity index (χ0v) is 25.8. The molecule has 1 saturated heterocycles. The Bertz CT molecular complexity index is 993. The lowest BCUT2D eigenvalue weighted by Gasteiger charge is -2.38. The number of nitrogens with one attached hydrogen (secondary N) is 3. The lowest BCUT2D eigenvalue weighted by atomic mass is 9.85. The molecule has 1 aliphatic heterocycles. The maximum absolute atomic E-state index is 14.0. The summed E-state index contributed by atoms with van der Waals surface area (Å²) in [5.74, 6) is -2.26. The molecule has 2 fully saturated rings. The standard InChI is InChI=1S/C30H50N4O6/c1-11-13-15-19(22(35)25(37)31-16-14-12-2)32-24(36)21-20-18(30(20,9)10)17-34(21)26(38)23(28(3,4)5)33-27(39)40-29(6,7)8/h12,18-21,23H,2,11,13-17H2,1,3-10H3,(H,31,37)(H,32,36)(H,33,39)/t18-,19?,20-,21-,23+/m0/s1. The van der Waals surface area contributed by atoms with Gasteiger partial charge in [0.2, 0.25) is 17.6 Å². The van der Waals surface area contributed by atoms with Crippen LogP contribution in [0.3, 0.4) is 0 Å². The monoisotopic (exact) mass is 562 g/mol. The Balaban J connectivity index is 2.30. The van der Waals surface area contributed by atoms with Crippen molar-refractivity contribution in [3.05, 3.63) is 12.7 Å². The molecule has 0 bridgehead atoms. The van der Waals surface area contributed by atoms with Gasteiger partial charge in [0.1, 0.15) is 17.7 Å². The first kappa shape index (κ1) is 33.3. The Morgan fingerprint density at radius 3 is 2.23 bits per heavy atom. The maximum Gasteiger partial charge on any atom is 0.408 e. The number of fused-ring (bicyclic) bond motifs is 1. The summed E-state index contributed by atoms with van der Waals surface area (Å²) in [5, 5.41) is 8.13. The van der Waals surface area contributed by atoms with E-state index in [-0.39, 0.29) is 29.7 Å². The number of hydrogen-bond donors (Lipinski definition) is 3. The number of carbonyl (C=O) groups excluding carboxylic acids is 5. The van der Waals surface area contributed by atoms with Gasteiger partial charge in [0.25, 0.3) is 5.91 Å². The van der Waals surface area contributed by atoms with Crippen LogP contribution in [0.4, 0.5) is 4.79 Å². The van der Waals surface area contributed by atoms with Gasteiger partial charge in [-0.05, 0) is 56.3 Å². The summed E-state index contributed by atoms with van der Waals surface area (Å²) in [6, 6.07) is -2.75. The molecule has 2 aliphatic rings. The number of Topliss-reactive ketones (excluding diaryl/α,β-unsaturated/α-hetero) is 1. The molecule has 1 heterocycles. The van der Waals surface area contributed by atoms with E-state index in [0.29, 0.717) is 25.8 Å². The zero-order valence-electron chi connectivity index (χ0n) is 25.8. The highest BCUT2D eigenvalue weighted by molar-refractivity contribution is 6.38. The van der Waals surface area contributed by atoms with E-state index in [4.69, 9.17) is 4.74 Å². The van der Waals surface area contributed by atoms with Crippen LogP contribution in [0.25, 0.3) is 0 Å². The van der Waals surface area contributed by atoms with E-state index in [0.717, 1.165) is 6.42 Å². The van der Waals surface area contributed by atoms with E-state index >= 15 is 0 Å². The van der Waals surface area contributed by atoms with Crippen molar-refractivity contribution >= 4 is 29.6 Å². The summed E-state index contributed by atoms with van der Waals surface area (Å²) >= 11 is 0. The van der Waals surface area contributed by atoms with E-state index < -0.39 is 52.8 Å². The quantitative estimate of drug-likeness (QED) is 0.190. The van der Waals surface area contributed by atoms with Gasteiger partial charge < -0.3 is 25.6 Å². The summed E-state index contributed by atoms with van der Waals surface area (Å²) in [6.45, 7) is 21.1. The van der Waals surface area contributed by atoms with Crippen molar-refractivity contribution in [2.75, 3.05) is 13.1 Å². The minimum absolute atomic E-state index is 0.0954. The van der Waals surface area contributed by atoms with Gasteiger partial charge in [0.15, 0.2) is 0 Å². The van der Waals surface area contributed by atoms with Gasteiger partial charge in [-0.1, -0.05) is 60.5 Å². The summed E-state index contributed by atoms with van der Waals surface area (Å²) in [4.78, 5) is 67.5. The molecule has 0 aromatic heterocycles. The van der Waals surface area contributed by atoms with Crippen molar-refractivity contribution in [1.29, 1.82) is 0 Å². The summed E-state index contributed by atoms with van der Waals surface area (Å²) in [7, 11) is 0. The number of rotatable bonds is 12. The average molecular weight is 563 g/mol. The fourth-order valence-electron chi connectivity index (χ4n) is 5.52. The lowest BCUT2D eigenvalue weighted by Crippen LogP contribution is -2.60. The van der Waals surface area contributed by atoms with Crippen LogP contribution in [-0.4, -0.2) is 71.3 Å². The van der Waals surface area contributed by atoms with Gasteiger partial charge in [-0.15, -0.1) is 6.58 Å². The van der Waals surface area contributed by atoms with E-state index in [1.54, 1.807) is 26.8 Å². The van der Waals surface area contributed by atoms with Crippen molar-refractivity contribution in [3.8, 4) is 0 Å². The predicted octanol–water partition coefficient (Wildman–Crippen LogP) is 3.35. The predicted molar refractivity (Wildman–Crippen MR) is 153 cm³/mol. The molecule has 0 radical (unpaired) electrons. The average Bonchev–Trinajstić information content (AvgIpc) is 3.15. The third-order valence-electron chi connectivity index (χ3n) is 7.87. The van der Waals surface area contributed by atoms with Crippen molar-refractivity contribution in [3.63, 3.8) is 0 Å². The van der Waals surface area contributed by atoms with Gasteiger partial charge >= 0.3 is 6.09 Å². The maximum atomic E-state index is 14.0. The second kappa shape index (κ2) is 12.7. The fraction of sp³-hybridized carbons (Fsp3) is 0.767. The van der Waals surface area contributed by atoms with Gasteiger partial charge in [-0.25, -0.2) is 4.79 Å². The smallest absolute Gasteiger partial charge is 0.408 e. The van der Waals surface area contributed by atoms with E-state index in [1.165, 1.54) is 4.90 Å². The molecule has 4 amide bonds. The minimum atomic E-state index is -0.993. The first-order valence-corrected chi connectivity index (χ1v) is 14.4. The van der Waals surface area contributed by atoms with E-state index in [9.17, 15) is 24.0 Å². The van der Waals surface area contributed by atoms with E-state index in [2.05, 4.69) is 36.4 Å². The minimum Gasteiger partial charge on any atom is -0.444 e. The molecule has 0 spiro atoms. The van der Waals surface area contributed by atoms with Crippen molar-refractivity contribution in [2.45, 2.75) is 112 Å². The Labute approximate surface area is 239 Å². The number of hydrogen-bond acceptors (Lipinski definition) is 6. The number of amides is 4. The molecule has 0 aromatic rings. The number of likely N-dealkylation sites (tertiary alicyclic amines) is 1. The first-order chi connectivity index (χ1) is 18.4. The Kier molecular flexibility index (Phi) is 10.6. The van der Waals surface area contributed by atoms with Crippen LogP contribution < -0.4 is 16.0 Å². The van der Waals surface area contributed by atoms with Crippen molar-refractivity contribution in [1.82, 2.24) is 20.9 Å². The highest BCUT2D eigenvalue weighted by Crippen LogP contribution is 2.65. The van der Waals surface area contributed by atoms with Crippen LogP contribution in [0.5, 0.6) is 0 Å². The lowest BCUT2D eigenvalue weighted by molar-refractivity contribution is -0.145. The Morgan fingerprint density at radius 2 is 1.70 bits per heavy atom. The number of carbonyl (C=O) groups is 5. The van der Waals surface area contributed by atoms with Gasteiger partial charge in [-0.3, -0.25) is 19.2 Å². The molecule has 226 valence electrons. The molecule has 40 heavy (non-hydrogen) atoms. The molecule has 1 saturated carbocycles. The number of nitrogens with zero attached hydrogens (tertiary/aromatic N) is 1. The molecular formula is C30H50N4O6. The van der Waals surface area contributed by atoms with Crippen LogP contribution in [-0.2, 0) is 23.9 Å². The number of ether oxygens (including phenoxy) is 1. The molecule has 1 unspecified atom stereocenters. The van der Waals surface area contributed by atoms with Crippen LogP contribution >= 0.6 is 0 Å². The van der Waals surface area contributed by atoms with Gasteiger partial charge in [-0.2, -0.15) is 0 Å². The third-order valence-corrected chi connectivity index (χ3v) is 7.87. The first-order valence-electron chi connectivity index (χ1n) is 14.4. The molecule has 5 atom stereocenters. The van der Waals surface area contributed by atoms with Gasteiger partial charge in [0.05, 0.1) is 6.04 Å². The van der Waals surface area contributed by atoms with Crippen LogP contribution in [0.2, 0.25) is 0 Å². The van der Waals surface area contributed by atoms with Crippen LogP contribution in [0, 0.1) is 22.7 Å². The summed E-state index contributed by atoms with van der Waals surface area (Å²) in [6.07, 6.45) is 3.20. The Morgan fingerprint density at radius 1 is 1.07 bits per heavy atom. The molecule has 2 rings (SSSR count). The topological polar surface area (TPSA) is 134 Å². The molecule has 0 aromatic carbocycles. The SMILES string of the molecule is C=CCCNC(=O)C(=O)C(CCCC)NC(=O)[C@@H]1[C@@H]2[C@H](CN1C(=O)[C@@H](NC(=O)OC(C)(C)C)C(C)(C)C)C2(C)C. The third kappa shape index (κ3) is 8.07. The highest BCUT2D eigenvalue weighted by Gasteiger charge is 2.70. The van der Waals surface area contributed by atoms with Gasteiger partial charge in [0, 0.05) is 13.1 Å². The number of piperidine rings is 1. The molecule has 10 nitrogen and oxygen atoms in total. The molecular weight excluding hydrogens is 512 g/mol.